The van der Waals surface area contributed by atoms with E-state index in [1.54, 1.807) is 0 Å². The zero-order chi connectivity index (χ0) is 15.1. The quantitative estimate of drug-likeness (QED) is 0.675. The van der Waals surface area contributed by atoms with Crippen molar-refractivity contribution >= 4 is 28.8 Å². The highest BCUT2D eigenvalue weighted by atomic mass is 32.1. The highest BCUT2D eigenvalue weighted by Gasteiger charge is 2.07. The molecule has 1 amide bonds. The van der Waals surface area contributed by atoms with E-state index in [0.717, 1.165) is 23.2 Å². The smallest absolute Gasteiger partial charge is 0.221 e. The topological polar surface area (TPSA) is 67.2 Å². The van der Waals surface area contributed by atoms with E-state index in [1.165, 1.54) is 0 Å². The SMILES string of the molecule is CCC(C)NC(=O)CCNc1cc(C)ccc1C(N)=S. The first-order chi connectivity index (χ1) is 9.43. The Bertz CT molecular complexity index is 488. The van der Waals surface area contributed by atoms with Crippen molar-refractivity contribution in [2.24, 2.45) is 5.73 Å². The molecule has 4 nitrogen and oxygen atoms in total. The average Bonchev–Trinajstić information content (AvgIpc) is 2.38. The highest BCUT2D eigenvalue weighted by Crippen LogP contribution is 2.17. The molecule has 0 heterocycles. The van der Waals surface area contributed by atoms with Gasteiger partial charge in [-0.25, -0.2) is 0 Å². The van der Waals surface area contributed by atoms with Crippen LogP contribution in [0.1, 0.15) is 37.8 Å². The second-order valence-electron chi connectivity index (χ2n) is 4.97. The second-order valence-corrected chi connectivity index (χ2v) is 5.41. The largest absolute Gasteiger partial charge is 0.389 e. The third-order valence-corrected chi connectivity index (χ3v) is 3.35. The van der Waals surface area contributed by atoms with Gasteiger partial charge in [-0.15, -0.1) is 0 Å². The van der Waals surface area contributed by atoms with E-state index < -0.39 is 0 Å². The predicted octanol–water partition coefficient (Wildman–Crippen LogP) is 2.35. The van der Waals surface area contributed by atoms with Gasteiger partial charge in [0.05, 0.1) is 0 Å². The molecular weight excluding hydrogens is 270 g/mol. The molecule has 0 aliphatic carbocycles. The molecule has 0 saturated carbocycles. The van der Waals surface area contributed by atoms with Crippen LogP contribution in [-0.2, 0) is 4.79 Å². The summed E-state index contributed by atoms with van der Waals surface area (Å²) < 4.78 is 0. The number of benzene rings is 1. The Labute approximate surface area is 126 Å². The molecule has 0 aromatic heterocycles. The normalized spacial score (nSPS) is 11.8. The number of thiocarbonyl (C=S) groups is 1. The number of aryl methyl sites for hydroxylation is 1. The van der Waals surface area contributed by atoms with E-state index in [9.17, 15) is 4.79 Å². The number of rotatable bonds is 7. The van der Waals surface area contributed by atoms with E-state index in [4.69, 9.17) is 18.0 Å². The van der Waals surface area contributed by atoms with Gasteiger partial charge >= 0.3 is 0 Å². The summed E-state index contributed by atoms with van der Waals surface area (Å²) in [5.74, 6) is 0.0522. The average molecular weight is 293 g/mol. The molecule has 1 unspecified atom stereocenters. The fourth-order valence-corrected chi connectivity index (χ4v) is 1.96. The summed E-state index contributed by atoms with van der Waals surface area (Å²) in [5.41, 5.74) is 8.51. The molecule has 0 bridgehead atoms. The first kappa shape index (κ1) is 16.4. The minimum atomic E-state index is 0.0522. The van der Waals surface area contributed by atoms with Crippen LogP contribution in [0, 0.1) is 6.92 Å². The number of anilines is 1. The van der Waals surface area contributed by atoms with Gasteiger partial charge in [-0.3, -0.25) is 4.79 Å². The molecule has 1 aromatic rings. The van der Waals surface area contributed by atoms with Gasteiger partial charge in [-0.1, -0.05) is 25.2 Å². The maximum absolute atomic E-state index is 11.7. The lowest BCUT2D eigenvalue weighted by Crippen LogP contribution is -2.33. The number of nitrogens with one attached hydrogen (secondary N) is 2. The first-order valence-corrected chi connectivity index (χ1v) is 7.28. The van der Waals surface area contributed by atoms with Gasteiger partial charge in [-0.2, -0.15) is 0 Å². The lowest BCUT2D eigenvalue weighted by Gasteiger charge is -2.14. The zero-order valence-electron chi connectivity index (χ0n) is 12.3. The molecule has 20 heavy (non-hydrogen) atoms. The molecule has 0 aliphatic rings. The van der Waals surface area contributed by atoms with Crippen molar-refractivity contribution in [1.82, 2.24) is 5.32 Å². The van der Waals surface area contributed by atoms with Crippen LogP contribution >= 0.6 is 12.2 Å². The van der Waals surface area contributed by atoms with Gasteiger partial charge in [-0.05, 0) is 38.0 Å². The molecule has 0 fully saturated rings. The fraction of sp³-hybridized carbons (Fsp3) is 0.467. The van der Waals surface area contributed by atoms with Gasteiger partial charge < -0.3 is 16.4 Å². The fourth-order valence-electron chi connectivity index (χ4n) is 1.78. The van der Waals surface area contributed by atoms with E-state index in [-0.39, 0.29) is 11.9 Å². The van der Waals surface area contributed by atoms with E-state index in [0.29, 0.717) is 18.0 Å². The lowest BCUT2D eigenvalue weighted by molar-refractivity contribution is -0.121. The summed E-state index contributed by atoms with van der Waals surface area (Å²) in [5, 5.41) is 6.16. The molecule has 1 rings (SSSR count). The predicted molar refractivity (Wildman–Crippen MR) is 88.1 cm³/mol. The van der Waals surface area contributed by atoms with Gasteiger partial charge in [0.15, 0.2) is 0 Å². The van der Waals surface area contributed by atoms with E-state index in [2.05, 4.69) is 10.6 Å². The standard InChI is InChI=1S/C15H23N3OS/c1-4-11(3)18-14(19)7-8-17-13-9-10(2)5-6-12(13)15(16)20/h5-6,9,11,17H,4,7-8H2,1-3H3,(H2,16,20)(H,18,19). The van der Waals surface area contributed by atoms with Gasteiger partial charge in [0.25, 0.3) is 0 Å². The second kappa shape index (κ2) is 7.85. The Morgan fingerprint density at radius 2 is 2.15 bits per heavy atom. The summed E-state index contributed by atoms with van der Waals surface area (Å²) in [6, 6.07) is 6.07. The lowest BCUT2D eigenvalue weighted by atomic mass is 10.1. The minimum absolute atomic E-state index is 0.0522. The van der Waals surface area contributed by atoms with Crippen LogP contribution < -0.4 is 16.4 Å². The molecule has 0 saturated heterocycles. The summed E-state index contributed by atoms with van der Waals surface area (Å²) in [6.45, 7) is 6.60. The summed E-state index contributed by atoms with van der Waals surface area (Å²) in [4.78, 5) is 12.0. The molecule has 5 heteroatoms. The van der Waals surface area contributed by atoms with Crippen molar-refractivity contribution in [3.8, 4) is 0 Å². The highest BCUT2D eigenvalue weighted by molar-refractivity contribution is 7.80. The van der Waals surface area contributed by atoms with Crippen molar-refractivity contribution < 1.29 is 4.79 Å². The van der Waals surface area contributed by atoms with Gasteiger partial charge in [0.2, 0.25) is 5.91 Å². The Balaban J connectivity index is 2.55. The number of carbonyl (C=O) groups excluding carboxylic acids is 1. The number of hydrogen-bond donors (Lipinski definition) is 3. The molecule has 1 aromatic carbocycles. The maximum atomic E-state index is 11.7. The molecule has 0 spiro atoms. The van der Waals surface area contributed by atoms with Crippen LogP contribution in [0.2, 0.25) is 0 Å². The van der Waals surface area contributed by atoms with Crippen molar-refractivity contribution in [2.45, 2.75) is 39.7 Å². The van der Waals surface area contributed by atoms with Gasteiger partial charge in [0.1, 0.15) is 4.99 Å². The number of carbonyl (C=O) groups is 1. The number of hydrogen-bond acceptors (Lipinski definition) is 3. The van der Waals surface area contributed by atoms with E-state index >= 15 is 0 Å². The summed E-state index contributed by atoms with van der Waals surface area (Å²) >= 11 is 5.03. The Morgan fingerprint density at radius 1 is 1.45 bits per heavy atom. The molecule has 0 aliphatic heterocycles. The molecule has 110 valence electrons. The third-order valence-electron chi connectivity index (χ3n) is 3.13. The summed E-state index contributed by atoms with van der Waals surface area (Å²) in [6.07, 6.45) is 1.36. The Kier molecular flexibility index (Phi) is 6.45. The monoisotopic (exact) mass is 293 g/mol. The zero-order valence-corrected chi connectivity index (χ0v) is 13.1. The van der Waals surface area contributed by atoms with Crippen LogP contribution in [0.25, 0.3) is 0 Å². The van der Waals surface area contributed by atoms with Crippen molar-refractivity contribution in [3.05, 3.63) is 29.3 Å². The Morgan fingerprint density at radius 3 is 2.75 bits per heavy atom. The minimum Gasteiger partial charge on any atom is -0.389 e. The van der Waals surface area contributed by atoms with Crippen LogP contribution in [0.3, 0.4) is 0 Å². The summed E-state index contributed by atoms with van der Waals surface area (Å²) in [7, 11) is 0. The van der Waals surface area contributed by atoms with Crippen molar-refractivity contribution in [2.75, 3.05) is 11.9 Å². The molecular formula is C15H23N3OS. The Hall–Kier alpha value is -1.62. The van der Waals surface area contributed by atoms with Crippen LogP contribution in [-0.4, -0.2) is 23.5 Å². The van der Waals surface area contributed by atoms with Gasteiger partial charge in [0, 0.05) is 30.3 Å². The van der Waals surface area contributed by atoms with Crippen LogP contribution in [0.15, 0.2) is 18.2 Å². The van der Waals surface area contributed by atoms with Crippen LogP contribution in [0.4, 0.5) is 5.69 Å². The van der Waals surface area contributed by atoms with E-state index in [1.807, 2.05) is 39.0 Å². The molecule has 4 N–H and O–H groups in total. The number of nitrogens with two attached hydrogens (primary N) is 1. The maximum Gasteiger partial charge on any atom is 0.221 e. The van der Waals surface area contributed by atoms with Crippen LogP contribution in [0.5, 0.6) is 0 Å². The first-order valence-electron chi connectivity index (χ1n) is 6.87. The molecule has 1 atom stereocenters. The number of amides is 1. The van der Waals surface area contributed by atoms with Crippen molar-refractivity contribution in [3.63, 3.8) is 0 Å². The van der Waals surface area contributed by atoms with Crippen molar-refractivity contribution in [1.29, 1.82) is 0 Å². The molecule has 0 radical (unpaired) electrons. The third kappa shape index (κ3) is 5.17.